The highest BCUT2D eigenvalue weighted by Crippen LogP contribution is 2.26. The zero-order valence-corrected chi connectivity index (χ0v) is 10.4. The molecule has 1 aromatic rings. The molecule has 0 aliphatic heterocycles. The summed E-state index contributed by atoms with van der Waals surface area (Å²) in [6.07, 6.45) is 5.07. The van der Waals surface area contributed by atoms with Gasteiger partial charge in [0.2, 0.25) is 5.56 Å². The van der Waals surface area contributed by atoms with Crippen LogP contribution in [0, 0.1) is 5.92 Å². The summed E-state index contributed by atoms with van der Waals surface area (Å²) < 4.78 is 1.51. The predicted molar refractivity (Wildman–Crippen MR) is 68.7 cm³/mol. The zero-order chi connectivity index (χ0) is 13.1. The number of nitrogens with one attached hydrogen (secondary N) is 1. The molecule has 0 amide bonds. The summed E-state index contributed by atoms with van der Waals surface area (Å²) in [4.78, 5) is 22.2. The number of hydrogen-bond acceptors (Lipinski definition) is 3. The Balaban J connectivity index is 2.02. The Hall–Kier alpha value is -1.78. The second kappa shape index (κ2) is 5.25. The van der Waals surface area contributed by atoms with E-state index in [0.29, 0.717) is 6.42 Å². The molecule has 1 heterocycles. The van der Waals surface area contributed by atoms with E-state index in [2.05, 4.69) is 5.32 Å². The van der Waals surface area contributed by atoms with Crippen molar-refractivity contribution in [3.05, 3.63) is 28.7 Å². The molecule has 1 saturated carbocycles. The number of rotatable bonds is 3. The lowest BCUT2D eigenvalue weighted by Crippen LogP contribution is -2.31. The van der Waals surface area contributed by atoms with Crippen LogP contribution in [-0.2, 0) is 11.8 Å². The minimum Gasteiger partial charge on any atom is -0.481 e. The van der Waals surface area contributed by atoms with Crippen LogP contribution in [-0.4, -0.2) is 21.7 Å². The van der Waals surface area contributed by atoms with E-state index < -0.39 is 5.97 Å². The molecule has 98 valence electrons. The van der Waals surface area contributed by atoms with Gasteiger partial charge in [-0.15, -0.1) is 0 Å². The highest BCUT2D eigenvalue weighted by atomic mass is 16.4. The molecule has 0 spiro atoms. The van der Waals surface area contributed by atoms with Gasteiger partial charge in [-0.3, -0.25) is 9.59 Å². The van der Waals surface area contributed by atoms with E-state index in [0.717, 1.165) is 24.9 Å². The smallest absolute Gasteiger partial charge is 0.306 e. The minimum atomic E-state index is -0.707. The Morgan fingerprint density at radius 3 is 2.89 bits per heavy atom. The van der Waals surface area contributed by atoms with Crippen molar-refractivity contribution in [2.75, 3.05) is 5.32 Å². The summed E-state index contributed by atoms with van der Waals surface area (Å²) in [5, 5.41) is 12.3. The second-order valence-corrected chi connectivity index (χ2v) is 4.91. The molecule has 5 heteroatoms. The normalized spacial score (nSPS) is 23.6. The molecule has 0 aromatic carbocycles. The summed E-state index contributed by atoms with van der Waals surface area (Å²) >= 11 is 0. The van der Waals surface area contributed by atoms with Gasteiger partial charge >= 0.3 is 5.97 Å². The van der Waals surface area contributed by atoms with Gasteiger partial charge in [0, 0.05) is 25.4 Å². The molecular weight excluding hydrogens is 232 g/mol. The van der Waals surface area contributed by atoms with Gasteiger partial charge in [-0.2, -0.15) is 0 Å². The highest BCUT2D eigenvalue weighted by molar-refractivity contribution is 5.70. The molecule has 0 saturated heterocycles. The Morgan fingerprint density at radius 1 is 1.44 bits per heavy atom. The van der Waals surface area contributed by atoms with Crippen LogP contribution in [0.25, 0.3) is 0 Å². The number of nitrogens with zero attached hydrogens (tertiary/aromatic N) is 1. The lowest BCUT2D eigenvalue weighted by Gasteiger charge is -2.28. The van der Waals surface area contributed by atoms with Crippen molar-refractivity contribution in [2.45, 2.75) is 31.7 Å². The third-order valence-electron chi connectivity index (χ3n) is 3.48. The van der Waals surface area contributed by atoms with Crippen LogP contribution in [0.2, 0.25) is 0 Å². The first-order valence-corrected chi connectivity index (χ1v) is 6.22. The Kier molecular flexibility index (Phi) is 3.69. The molecule has 0 bridgehead atoms. The van der Waals surface area contributed by atoms with E-state index in [4.69, 9.17) is 5.11 Å². The summed E-state index contributed by atoms with van der Waals surface area (Å²) in [7, 11) is 1.70. The zero-order valence-electron chi connectivity index (χ0n) is 10.4. The second-order valence-electron chi connectivity index (χ2n) is 4.91. The number of pyridine rings is 1. The Bertz CT molecular complexity index is 495. The number of aromatic nitrogens is 1. The maximum Gasteiger partial charge on any atom is 0.306 e. The largest absolute Gasteiger partial charge is 0.481 e. The van der Waals surface area contributed by atoms with Crippen molar-refractivity contribution < 1.29 is 9.90 Å². The van der Waals surface area contributed by atoms with E-state index in [1.54, 1.807) is 19.3 Å². The first-order chi connectivity index (χ1) is 8.56. The van der Waals surface area contributed by atoms with Gasteiger partial charge in [0.1, 0.15) is 0 Å². The van der Waals surface area contributed by atoms with Gasteiger partial charge in [-0.1, -0.05) is 6.42 Å². The van der Waals surface area contributed by atoms with Gasteiger partial charge in [0.05, 0.1) is 11.6 Å². The lowest BCUT2D eigenvalue weighted by molar-refractivity contribution is -0.142. The SMILES string of the molecule is Cn1cc(NC2CCCC(C(=O)O)C2)ccc1=O. The molecule has 5 nitrogen and oxygen atoms in total. The molecule has 2 N–H and O–H groups in total. The average molecular weight is 250 g/mol. The van der Waals surface area contributed by atoms with Crippen molar-refractivity contribution in [2.24, 2.45) is 13.0 Å². The van der Waals surface area contributed by atoms with Crippen LogP contribution < -0.4 is 10.9 Å². The molecule has 2 unspecified atom stereocenters. The Morgan fingerprint density at radius 2 is 2.22 bits per heavy atom. The summed E-state index contributed by atoms with van der Waals surface area (Å²) in [6.45, 7) is 0. The summed E-state index contributed by atoms with van der Waals surface area (Å²) in [6, 6.07) is 3.43. The molecule has 18 heavy (non-hydrogen) atoms. The minimum absolute atomic E-state index is 0.0485. The molecule has 1 aromatic heterocycles. The van der Waals surface area contributed by atoms with Crippen molar-refractivity contribution in [3.63, 3.8) is 0 Å². The maximum absolute atomic E-state index is 11.3. The van der Waals surface area contributed by atoms with E-state index >= 15 is 0 Å². The molecule has 2 rings (SSSR count). The first-order valence-electron chi connectivity index (χ1n) is 6.22. The standard InChI is InChI=1S/C13H18N2O3/c1-15-8-11(5-6-12(15)16)14-10-4-2-3-9(7-10)13(17)18/h5-6,8-10,14H,2-4,7H2,1H3,(H,17,18). The molecule has 1 fully saturated rings. The van der Waals surface area contributed by atoms with Crippen LogP contribution in [0.1, 0.15) is 25.7 Å². The van der Waals surface area contributed by atoms with Crippen molar-refractivity contribution in [1.82, 2.24) is 4.57 Å². The van der Waals surface area contributed by atoms with E-state index in [1.165, 1.54) is 10.6 Å². The Labute approximate surface area is 105 Å². The molecule has 1 aliphatic carbocycles. The fraction of sp³-hybridized carbons (Fsp3) is 0.538. The maximum atomic E-state index is 11.3. The molecular formula is C13H18N2O3. The van der Waals surface area contributed by atoms with E-state index in [1.807, 2.05) is 0 Å². The number of hydrogen-bond donors (Lipinski definition) is 2. The third-order valence-corrected chi connectivity index (χ3v) is 3.48. The quantitative estimate of drug-likeness (QED) is 0.851. The monoisotopic (exact) mass is 250 g/mol. The summed E-state index contributed by atoms with van der Waals surface area (Å²) in [5.41, 5.74) is 0.820. The topological polar surface area (TPSA) is 71.3 Å². The third kappa shape index (κ3) is 2.91. The van der Waals surface area contributed by atoms with Crippen LogP contribution in [0.5, 0.6) is 0 Å². The fourth-order valence-corrected chi connectivity index (χ4v) is 2.46. The van der Waals surface area contributed by atoms with Crippen molar-refractivity contribution in [1.29, 1.82) is 0 Å². The van der Waals surface area contributed by atoms with Gasteiger partial charge in [-0.25, -0.2) is 0 Å². The van der Waals surface area contributed by atoms with Crippen LogP contribution in [0.3, 0.4) is 0 Å². The van der Waals surface area contributed by atoms with Gasteiger partial charge in [0.25, 0.3) is 0 Å². The van der Waals surface area contributed by atoms with E-state index in [9.17, 15) is 9.59 Å². The average Bonchev–Trinajstić information content (AvgIpc) is 2.34. The number of carbonyl (C=O) groups is 1. The number of aliphatic carboxylic acids is 1. The molecule has 0 radical (unpaired) electrons. The van der Waals surface area contributed by atoms with Crippen molar-refractivity contribution in [3.8, 4) is 0 Å². The lowest BCUT2D eigenvalue weighted by atomic mass is 9.86. The van der Waals surface area contributed by atoms with Crippen LogP contribution in [0.4, 0.5) is 5.69 Å². The first kappa shape index (κ1) is 12.7. The number of aryl methyl sites for hydroxylation is 1. The number of anilines is 1. The highest BCUT2D eigenvalue weighted by Gasteiger charge is 2.26. The van der Waals surface area contributed by atoms with Gasteiger partial charge in [0.15, 0.2) is 0 Å². The number of carboxylic acids is 1. The van der Waals surface area contributed by atoms with E-state index in [-0.39, 0.29) is 17.5 Å². The van der Waals surface area contributed by atoms with Crippen molar-refractivity contribution >= 4 is 11.7 Å². The predicted octanol–water partition coefficient (Wildman–Crippen LogP) is 1.44. The van der Waals surface area contributed by atoms with Gasteiger partial charge < -0.3 is 15.0 Å². The van der Waals surface area contributed by atoms with Crippen LogP contribution in [0.15, 0.2) is 23.1 Å². The fourth-order valence-electron chi connectivity index (χ4n) is 2.46. The molecule has 1 aliphatic rings. The molecule has 2 atom stereocenters. The summed E-state index contributed by atoms with van der Waals surface area (Å²) in [5.74, 6) is -0.953. The van der Waals surface area contributed by atoms with Crippen LogP contribution >= 0.6 is 0 Å². The van der Waals surface area contributed by atoms with Gasteiger partial charge in [-0.05, 0) is 25.3 Å². The number of carboxylic acid groups (broad SMARTS) is 1.